The summed E-state index contributed by atoms with van der Waals surface area (Å²) in [5, 5.41) is 2.52. The maximum absolute atomic E-state index is 5.95. The molecule has 0 aliphatic heterocycles. The van der Waals surface area contributed by atoms with E-state index in [4.69, 9.17) is 7.85 Å². The van der Waals surface area contributed by atoms with Crippen molar-refractivity contribution in [3.8, 4) is 0 Å². The van der Waals surface area contributed by atoms with Gasteiger partial charge >= 0.3 is 0 Å². The average Bonchev–Trinajstić information content (AvgIpc) is 2.92. The molecule has 0 amide bonds. The third-order valence-electron chi connectivity index (χ3n) is 6.64. The molecule has 0 saturated carbocycles. The molecule has 0 fully saturated rings. The molecule has 0 aromatic heterocycles. The lowest BCUT2D eigenvalue weighted by atomic mass is 9.79. The first kappa shape index (κ1) is 23.9. The molecular formula is C31H35B. The van der Waals surface area contributed by atoms with Crippen LogP contribution in [0.15, 0.2) is 89.6 Å². The number of hydrogen-bond donors (Lipinski definition) is 0. The lowest BCUT2D eigenvalue weighted by Crippen LogP contribution is -2.13. The molecule has 32 heavy (non-hydrogen) atoms. The Kier molecular flexibility index (Phi) is 6.98. The van der Waals surface area contributed by atoms with E-state index in [-0.39, 0.29) is 11.2 Å². The molecule has 0 N–H and O–H groups in total. The van der Waals surface area contributed by atoms with Gasteiger partial charge in [0.15, 0.2) is 0 Å². The third-order valence-corrected chi connectivity index (χ3v) is 6.64. The molecule has 0 saturated heterocycles. The molecule has 2 aromatic carbocycles. The summed E-state index contributed by atoms with van der Waals surface area (Å²) >= 11 is 0. The molecule has 2 aromatic rings. The van der Waals surface area contributed by atoms with Gasteiger partial charge in [0.1, 0.15) is 0 Å². The smallest absolute Gasteiger partial charge is 0.0751 e. The van der Waals surface area contributed by atoms with Crippen LogP contribution in [0.1, 0.15) is 58.2 Å². The van der Waals surface area contributed by atoms with Gasteiger partial charge in [-0.2, -0.15) is 0 Å². The molecule has 0 spiro atoms. The van der Waals surface area contributed by atoms with Gasteiger partial charge in [0.05, 0.1) is 7.85 Å². The van der Waals surface area contributed by atoms with Crippen LogP contribution in [0, 0.1) is 12.3 Å². The summed E-state index contributed by atoms with van der Waals surface area (Å²) in [6, 6.07) is 11.2. The number of allylic oxidation sites excluding steroid dienone is 10. The summed E-state index contributed by atoms with van der Waals surface area (Å²) in [6.45, 7) is 19.4. The highest BCUT2D eigenvalue weighted by molar-refractivity contribution is 6.13. The molecule has 0 nitrogen and oxygen atoms in total. The quantitative estimate of drug-likeness (QED) is 0.411. The molecule has 0 bridgehead atoms. The van der Waals surface area contributed by atoms with E-state index in [0.29, 0.717) is 0 Å². The van der Waals surface area contributed by atoms with Crippen molar-refractivity contribution < 1.29 is 0 Å². The fourth-order valence-electron chi connectivity index (χ4n) is 4.81. The van der Waals surface area contributed by atoms with Crippen LogP contribution in [0.5, 0.6) is 0 Å². The summed E-state index contributed by atoms with van der Waals surface area (Å²) in [5.41, 5.74) is 10.3. The van der Waals surface area contributed by atoms with Gasteiger partial charge < -0.3 is 0 Å². The fourth-order valence-corrected chi connectivity index (χ4v) is 4.81. The molecule has 3 rings (SSSR count). The predicted molar refractivity (Wildman–Crippen MR) is 145 cm³/mol. The average molecular weight is 418 g/mol. The van der Waals surface area contributed by atoms with Crippen LogP contribution >= 0.6 is 0 Å². The summed E-state index contributed by atoms with van der Waals surface area (Å²) in [7, 11) is 5.95. The predicted octanol–water partition coefficient (Wildman–Crippen LogP) is 8.96. The number of fused-ring (bicyclic) bond motifs is 1. The Morgan fingerprint density at radius 2 is 1.78 bits per heavy atom. The normalized spacial score (nSPS) is 17.9. The van der Waals surface area contributed by atoms with E-state index in [1.54, 1.807) is 0 Å². The zero-order valence-electron chi connectivity index (χ0n) is 20.7. The van der Waals surface area contributed by atoms with Gasteiger partial charge in [-0.3, -0.25) is 0 Å². The topological polar surface area (TPSA) is 0 Å². The second kappa shape index (κ2) is 9.37. The monoisotopic (exact) mass is 418 g/mol. The lowest BCUT2D eigenvalue weighted by molar-refractivity contribution is 0.576. The maximum atomic E-state index is 5.95. The van der Waals surface area contributed by atoms with E-state index in [1.807, 2.05) is 13.0 Å². The van der Waals surface area contributed by atoms with Crippen molar-refractivity contribution in [2.45, 2.75) is 54.3 Å². The van der Waals surface area contributed by atoms with Crippen LogP contribution in [0.3, 0.4) is 0 Å². The van der Waals surface area contributed by atoms with Crippen molar-refractivity contribution >= 4 is 30.3 Å². The summed E-state index contributed by atoms with van der Waals surface area (Å²) in [5.74, 6) is 0.0434. The van der Waals surface area contributed by atoms with Crippen molar-refractivity contribution in [2.24, 2.45) is 5.41 Å². The van der Waals surface area contributed by atoms with Crippen LogP contribution in [0.4, 0.5) is 0 Å². The Balaban J connectivity index is 2.08. The Morgan fingerprint density at radius 3 is 2.41 bits per heavy atom. The van der Waals surface area contributed by atoms with Crippen molar-refractivity contribution in [1.82, 2.24) is 0 Å². The van der Waals surface area contributed by atoms with E-state index < -0.39 is 0 Å². The van der Waals surface area contributed by atoms with Crippen molar-refractivity contribution in [3.05, 3.63) is 106 Å². The zero-order valence-corrected chi connectivity index (χ0v) is 20.7. The number of hydrogen-bond acceptors (Lipinski definition) is 0. The van der Waals surface area contributed by atoms with E-state index in [2.05, 4.69) is 109 Å². The molecule has 1 atom stereocenters. The zero-order chi connectivity index (χ0) is 23.6. The molecule has 1 heteroatoms. The third kappa shape index (κ3) is 4.39. The van der Waals surface area contributed by atoms with Crippen LogP contribution < -0.4 is 0 Å². The highest BCUT2D eigenvalue weighted by Gasteiger charge is 2.34. The van der Waals surface area contributed by atoms with E-state index in [9.17, 15) is 0 Å². The standard InChI is InChI=1S/C31H35B/c1-9-11-27-23(6)30(31(7,8)29(27)10-2)18-21(4)24-15-17-28-25(19-24)14-12-20(3)26(28)16-13-22(5)32/h9-19,22H,2H2,1,3-8H3/b11-9-,16-13-,21-18+. The van der Waals surface area contributed by atoms with Gasteiger partial charge in [-0.05, 0) is 89.1 Å². The second-order valence-electron chi connectivity index (χ2n) is 9.47. The fraction of sp³-hybridized carbons (Fsp3) is 0.290. The van der Waals surface area contributed by atoms with Crippen LogP contribution in [0.25, 0.3) is 22.4 Å². The Bertz CT molecular complexity index is 1210. The van der Waals surface area contributed by atoms with Gasteiger partial charge in [-0.25, -0.2) is 0 Å². The minimum Gasteiger partial charge on any atom is -0.0987 e. The number of benzene rings is 2. The molecule has 0 heterocycles. The Hall–Kier alpha value is -2.80. The SMILES string of the molecule is [B]C(C)/C=C\c1c(C)ccc2cc(/C(C)=C/C3=C(C)C(/C=C\C)=C(C=C)C3(C)C)ccc12. The first-order valence-electron chi connectivity index (χ1n) is 11.5. The van der Waals surface area contributed by atoms with Gasteiger partial charge in [0.2, 0.25) is 0 Å². The highest BCUT2D eigenvalue weighted by Crippen LogP contribution is 2.49. The van der Waals surface area contributed by atoms with Crippen LogP contribution in [-0.4, -0.2) is 7.85 Å². The van der Waals surface area contributed by atoms with Crippen molar-refractivity contribution in [3.63, 3.8) is 0 Å². The van der Waals surface area contributed by atoms with E-state index >= 15 is 0 Å². The van der Waals surface area contributed by atoms with Crippen LogP contribution in [-0.2, 0) is 0 Å². The Labute approximate surface area is 196 Å². The summed E-state index contributed by atoms with van der Waals surface area (Å²) < 4.78 is 0. The number of rotatable bonds is 6. The molecule has 162 valence electrons. The van der Waals surface area contributed by atoms with Crippen LogP contribution in [0.2, 0.25) is 5.82 Å². The van der Waals surface area contributed by atoms with Gasteiger partial charge in [0, 0.05) is 5.41 Å². The molecule has 1 unspecified atom stereocenters. The molecule has 2 radical (unpaired) electrons. The summed E-state index contributed by atoms with van der Waals surface area (Å²) in [6.07, 6.45) is 12.9. The van der Waals surface area contributed by atoms with E-state index in [1.165, 1.54) is 55.3 Å². The minimum atomic E-state index is -0.0627. The highest BCUT2D eigenvalue weighted by atomic mass is 14.4. The molecular weight excluding hydrogens is 383 g/mol. The van der Waals surface area contributed by atoms with Crippen molar-refractivity contribution in [2.75, 3.05) is 0 Å². The number of aryl methyl sites for hydroxylation is 1. The second-order valence-corrected chi connectivity index (χ2v) is 9.47. The maximum Gasteiger partial charge on any atom is 0.0751 e. The van der Waals surface area contributed by atoms with E-state index in [0.717, 1.165) is 0 Å². The first-order chi connectivity index (χ1) is 15.1. The minimum absolute atomic E-state index is 0.0434. The first-order valence-corrected chi connectivity index (χ1v) is 11.5. The molecule has 1 aliphatic carbocycles. The van der Waals surface area contributed by atoms with Gasteiger partial charge in [-0.1, -0.05) is 93.9 Å². The Morgan fingerprint density at radius 1 is 1.06 bits per heavy atom. The lowest BCUT2D eigenvalue weighted by Gasteiger charge is -2.25. The summed E-state index contributed by atoms with van der Waals surface area (Å²) in [4.78, 5) is 0. The largest absolute Gasteiger partial charge is 0.0987 e. The van der Waals surface area contributed by atoms with Gasteiger partial charge in [0.25, 0.3) is 0 Å². The van der Waals surface area contributed by atoms with Gasteiger partial charge in [-0.15, -0.1) is 0 Å². The van der Waals surface area contributed by atoms with Crippen molar-refractivity contribution in [1.29, 1.82) is 0 Å². The molecule has 1 aliphatic rings.